The Hall–Kier alpha value is -1.42. The summed E-state index contributed by atoms with van der Waals surface area (Å²) >= 11 is 5.45. The van der Waals surface area contributed by atoms with Crippen LogP contribution in [0.25, 0.3) is 11.4 Å². The molecular weight excluding hydrogens is 242 g/mol. The van der Waals surface area contributed by atoms with Crippen LogP contribution in [-0.4, -0.2) is 14.3 Å². The fourth-order valence-corrected chi connectivity index (χ4v) is 2.50. The topological polar surface area (TPSA) is 22.8 Å². The quantitative estimate of drug-likeness (QED) is 0.771. The van der Waals surface area contributed by atoms with Gasteiger partial charge in [-0.05, 0) is 44.4 Å². The van der Waals surface area contributed by atoms with Crippen molar-refractivity contribution in [3.05, 3.63) is 33.6 Å². The fraction of sp³-hybridized carbons (Fsp3) is 0.429. The number of pyridine rings is 1. The maximum absolute atomic E-state index is 5.45. The lowest BCUT2D eigenvalue weighted by Gasteiger charge is -2.13. The maximum Gasteiger partial charge on any atom is 0.112 e. The van der Waals surface area contributed by atoms with E-state index in [1.807, 2.05) is 11.7 Å². The summed E-state index contributed by atoms with van der Waals surface area (Å²) in [5, 5.41) is 4.64. The molecule has 0 aliphatic heterocycles. The van der Waals surface area contributed by atoms with Crippen LogP contribution >= 0.6 is 12.2 Å². The van der Waals surface area contributed by atoms with E-state index in [-0.39, 0.29) is 0 Å². The number of aryl methyl sites for hydroxylation is 4. The van der Waals surface area contributed by atoms with Crippen molar-refractivity contribution in [3.63, 3.8) is 0 Å². The summed E-state index contributed by atoms with van der Waals surface area (Å²) in [5.41, 5.74) is 5.70. The van der Waals surface area contributed by atoms with Crippen molar-refractivity contribution in [2.75, 3.05) is 0 Å². The van der Waals surface area contributed by atoms with Crippen molar-refractivity contribution in [3.8, 4) is 11.4 Å². The number of aromatic nitrogens is 3. The Kier molecular flexibility index (Phi) is 3.39. The maximum atomic E-state index is 5.45. The molecule has 3 nitrogen and oxygen atoms in total. The van der Waals surface area contributed by atoms with E-state index in [4.69, 9.17) is 12.2 Å². The molecule has 0 radical (unpaired) electrons. The minimum atomic E-state index is 0.876. The monoisotopic (exact) mass is 261 g/mol. The van der Waals surface area contributed by atoms with Gasteiger partial charge in [0.15, 0.2) is 0 Å². The fourth-order valence-electron chi connectivity index (χ4n) is 2.35. The molecule has 2 aromatic rings. The van der Waals surface area contributed by atoms with Crippen LogP contribution in [0.15, 0.2) is 12.3 Å². The van der Waals surface area contributed by atoms with Crippen molar-refractivity contribution in [1.29, 1.82) is 0 Å². The average Bonchev–Trinajstić information content (AvgIpc) is 2.68. The molecule has 0 spiro atoms. The zero-order valence-electron chi connectivity index (χ0n) is 11.6. The summed E-state index contributed by atoms with van der Waals surface area (Å²) in [4.78, 5) is 0. The molecule has 96 valence electrons. The molecule has 2 heterocycles. The lowest BCUT2D eigenvalue weighted by Crippen LogP contribution is -2.04. The molecule has 0 aliphatic rings. The molecule has 0 bridgehead atoms. The van der Waals surface area contributed by atoms with Gasteiger partial charge in [0.1, 0.15) is 10.3 Å². The smallest absolute Gasteiger partial charge is 0.112 e. The van der Waals surface area contributed by atoms with Crippen LogP contribution in [0.2, 0.25) is 0 Å². The third-order valence-corrected chi connectivity index (χ3v) is 3.87. The van der Waals surface area contributed by atoms with Crippen molar-refractivity contribution >= 4 is 12.2 Å². The van der Waals surface area contributed by atoms with Crippen LogP contribution in [0.1, 0.15) is 23.6 Å². The summed E-state index contributed by atoms with van der Waals surface area (Å²) in [7, 11) is 2.02. The predicted octanol–water partition coefficient (Wildman–Crippen LogP) is 3.56. The van der Waals surface area contributed by atoms with Gasteiger partial charge in [0.2, 0.25) is 0 Å². The molecule has 2 aromatic heterocycles. The number of hydrogen-bond donors (Lipinski definition) is 0. The Morgan fingerprint density at radius 1 is 1.17 bits per heavy atom. The van der Waals surface area contributed by atoms with Gasteiger partial charge in [0.25, 0.3) is 0 Å². The highest BCUT2D eigenvalue weighted by molar-refractivity contribution is 7.71. The molecule has 0 unspecified atom stereocenters. The highest BCUT2D eigenvalue weighted by Crippen LogP contribution is 2.26. The van der Waals surface area contributed by atoms with Crippen LogP contribution < -0.4 is 0 Å². The highest BCUT2D eigenvalue weighted by Gasteiger charge is 2.13. The summed E-state index contributed by atoms with van der Waals surface area (Å²) in [6.45, 7) is 9.24. The SMILES string of the molecule is CCn1cc(C)c(-c2c(C)cc(C)c(=S)n2C)n1. The van der Waals surface area contributed by atoms with Gasteiger partial charge in [-0.3, -0.25) is 4.68 Å². The van der Waals surface area contributed by atoms with Crippen LogP contribution in [0.5, 0.6) is 0 Å². The summed E-state index contributed by atoms with van der Waals surface area (Å²) in [5.74, 6) is 0. The average molecular weight is 261 g/mol. The first kappa shape index (κ1) is 13.0. The molecule has 0 atom stereocenters. The second kappa shape index (κ2) is 4.69. The molecular formula is C14H19N3S. The molecule has 0 amide bonds. The van der Waals surface area contributed by atoms with E-state index in [0.29, 0.717) is 0 Å². The van der Waals surface area contributed by atoms with E-state index in [1.165, 1.54) is 11.1 Å². The van der Waals surface area contributed by atoms with Gasteiger partial charge in [-0.1, -0.05) is 18.3 Å². The minimum absolute atomic E-state index is 0.876. The third-order valence-electron chi connectivity index (χ3n) is 3.28. The second-order valence-corrected chi connectivity index (χ2v) is 5.13. The molecule has 0 aliphatic carbocycles. The summed E-state index contributed by atoms with van der Waals surface area (Å²) < 4.78 is 4.91. The van der Waals surface area contributed by atoms with Gasteiger partial charge in [-0.2, -0.15) is 5.10 Å². The molecule has 0 saturated carbocycles. The molecule has 0 fully saturated rings. The van der Waals surface area contributed by atoms with Gasteiger partial charge >= 0.3 is 0 Å². The van der Waals surface area contributed by atoms with E-state index >= 15 is 0 Å². The Morgan fingerprint density at radius 3 is 2.39 bits per heavy atom. The number of nitrogens with zero attached hydrogens (tertiary/aromatic N) is 3. The van der Waals surface area contributed by atoms with Crippen molar-refractivity contribution in [2.45, 2.75) is 34.2 Å². The van der Waals surface area contributed by atoms with Crippen molar-refractivity contribution < 1.29 is 0 Å². The largest absolute Gasteiger partial charge is 0.333 e. The van der Waals surface area contributed by atoms with E-state index in [9.17, 15) is 0 Å². The van der Waals surface area contributed by atoms with Gasteiger partial charge in [0.05, 0.1) is 5.69 Å². The molecule has 0 saturated heterocycles. The van der Waals surface area contributed by atoms with Gasteiger partial charge < -0.3 is 4.57 Å². The number of rotatable bonds is 2. The van der Waals surface area contributed by atoms with E-state index in [1.54, 1.807) is 0 Å². The Bertz CT molecular complexity index is 650. The highest BCUT2D eigenvalue weighted by atomic mass is 32.1. The normalized spacial score (nSPS) is 10.9. The van der Waals surface area contributed by atoms with E-state index < -0.39 is 0 Å². The second-order valence-electron chi connectivity index (χ2n) is 4.74. The Balaban J connectivity index is 2.75. The van der Waals surface area contributed by atoms with Crippen LogP contribution in [0, 0.1) is 25.4 Å². The van der Waals surface area contributed by atoms with Gasteiger partial charge in [-0.15, -0.1) is 0 Å². The van der Waals surface area contributed by atoms with Gasteiger partial charge in [0, 0.05) is 19.8 Å². The van der Waals surface area contributed by atoms with E-state index in [0.717, 1.165) is 28.1 Å². The van der Waals surface area contributed by atoms with Crippen LogP contribution in [-0.2, 0) is 13.6 Å². The molecule has 18 heavy (non-hydrogen) atoms. The standard InChI is InChI=1S/C14H19N3S/c1-6-17-8-11(4)12(15-17)13-9(2)7-10(3)14(18)16(13)5/h7-8H,6H2,1-5H3. The predicted molar refractivity (Wildman–Crippen MR) is 77.4 cm³/mol. The summed E-state index contributed by atoms with van der Waals surface area (Å²) in [6, 6.07) is 2.14. The first-order valence-electron chi connectivity index (χ1n) is 6.17. The van der Waals surface area contributed by atoms with E-state index in [2.05, 4.69) is 49.6 Å². The van der Waals surface area contributed by atoms with Crippen LogP contribution in [0.3, 0.4) is 0 Å². The summed E-state index contributed by atoms with van der Waals surface area (Å²) in [6.07, 6.45) is 2.08. The zero-order valence-corrected chi connectivity index (χ0v) is 12.4. The third kappa shape index (κ3) is 2.01. The zero-order chi connectivity index (χ0) is 13.4. The number of hydrogen-bond acceptors (Lipinski definition) is 2. The van der Waals surface area contributed by atoms with Crippen LogP contribution in [0.4, 0.5) is 0 Å². The van der Waals surface area contributed by atoms with Crippen molar-refractivity contribution in [2.24, 2.45) is 7.05 Å². The Labute approximate surface area is 113 Å². The molecule has 0 aromatic carbocycles. The van der Waals surface area contributed by atoms with Gasteiger partial charge in [-0.25, -0.2) is 0 Å². The minimum Gasteiger partial charge on any atom is -0.333 e. The molecule has 0 N–H and O–H groups in total. The first-order valence-corrected chi connectivity index (χ1v) is 6.58. The lowest BCUT2D eigenvalue weighted by molar-refractivity contribution is 0.660. The Morgan fingerprint density at radius 2 is 1.83 bits per heavy atom. The molecule has 4 heteroatoms. The molecule has 2 rings (SSSR count). The first-order chi connectivity index (χ1) is 8.45. The lowest BCUT2D eigenvalue weighted by atomic mass is 10.1. The van der Waals surface area contributed by atoms with Crippen molar-refractivity contribution in [1.82, 2.24) is 14.3 Å².